The zero-order chi connectivity index (χ0) is 40.5. The van der Waals surface area contributed by atoms with Gasteiger partial charge in [-0.2, -0.15) is 0 Å². The van der Waals surface area contributed by atoms with Crippen molar-refractivity contribution in [3.8, 4) is 0 Å². The molecule has 0 radical (unpaired) electrons. The van der Waals surface area contributed by atoms with Crippen LogP contribution in [0.5, 0.6) is 0 Å². The van der Waals surface area contributed by atoms with Crippen molar-refractivity contribution in [1.29, 1.82) is 0 Å². The Morgan fingerprint density at radius 1 is 0.821 bits per heavy atom. The van der Waals surface area contributed by atoms with E-state index in [-0.39, 0.29) is 37.1 Å². The first-order valence-electron chi connectivity index (χ1n) is 19.0. The first kappa shape index (κ1) is 42.1. The number of amides is 1. The first-order chi connectivity index (χ1) is 26.7. The van der Waals surface area contributed by atoms with E-state index in [9.17, 15) is 19.5 Å². The van der Waals surface area contributed by atoms with Crippen molar-refractivity contribution in [3.05, 3.63) is 117 Å². The summed E-state index contributed by atoms with van der Waals surface area (Å²) in [6.07, 6.45) is 8.68. The molecule has 2 aromatic carbocycles. The van der Waals surface area contributed by atoms with Crippen LogP contribution in [0.4, 0.5) is 5.82 Å². The van der Waals surface area contributed by atoms with Crippen molar-refractivity contribution in [2.45, 2.75) is 79.1 Å². The van der Waals surface area contributed by atoms with Gasteiger partial charge in [-0.3, -0.25) is 14.9 Å². The van der Waals surface area contributed by atoms with E-state index in [1.54, 1.807) is 24.4 Å². The van der Waals surface area contributed by atoms with Gasteiger partial charge in [0.05, 0.1) is 29.8 Å². The SMILES string of the molecule is Cc1c(C(CC(C)C)NC2C=CC(C(=O)O)=CN2C)sc2ccccc12.Cc1c(C(CC(C)C)Nc2ccc(C(=O)NCCC(=O)O)cn2)sc2ccccc12. The lowest BCUT2D eigenvalue weighted by Gasteiger charge is -2.33. The summed E-state index contributed by atoms with van der Waals surface area (Å²) >= 11 is 3.66. The van der Waals surface area contributed by atoms with Crippen molar-refractivity contribution in [3.63, 3.8) is 0 Å². The van der Waals surface area contributed by atoms with Crippen molar-refractivity contribution in [2.24, 2.45) is 11.8 Å². The maximum absolute atomic E-state index is 12.1. The number of thiophene rings is 2. The number of likely N-dealkylation sites (N-methyl/N-ethyl adjacent to an activating group) is 1. The standard InChI is InChI=1S/C23H27N3O3S.C21H26N2O2S/c1-14(2)12-18(22-15(3)17-6-4-5-7-19(17)30-22)26-20-9-8-16(13-25-20)23(29)24-11-10-21(27)28;1-13(2)11-17(20-14(3)16-7-5-6-8-18(16)26-20)22-19-10-9-15(21(24)25)12-23(19)4/h4-9,13-14,18H,10-12H2,1-3H3,(H,24,29)(H,25,26)(H,27,28);5-10,12-13,17,19,22H,11H2,1-4H3,(H,24,25). The van der Waals surface area contributed by atoms with Crippen LogP contribution >= 0.6 is 22.7 Å². The molecular weight excluding hydrogens is 743 g/mol. The number of fused-ring (bicyclic) bond motifs is 2. The third-order valence-corrected chi connectivity index (χ3v) is 12.4. The Hall–Kier alpha value is -5.04. The number of aromatic nitrogens is 1. The summed E-state index contributed by atoms with van der Waals surface area (Å²) in [6.45, 7) is 13.3. The average molecular weight is 796 g/mol. The molecule has 296 valence electrons. The van der Waals surface area contributed by atoms with Crippen LogP contribution in [0.1, 0.15) is 90.3 Å². The second-order valence-corrected chi connectivity index (χ2v) is 17.2. The van der Waals surface area contributed by atoms with Crippen LogP contribution in [0, 0.1) is 25.7 Å². The van der Waals surface area contributed by atoms with Gasteiger partial charge in [0.15, 0.2) is 0 Å². The molecule has 3 aromatic heterocycles. The van der Waals surface area contributed by atoms with Crippen molar-refractivity contribution >= 4 is 66.5 Å². The van der Waals surface area contributed by atoms with Gasteiger partial charge in [0, 0.05) is 51.2 Å². The number of hydrogen-bond donors (Lipinski definition) is 5. The number of nitrogens with zero attached hydrogens (tertiary/aromatic N) is 2. The van der Waals surface area contributed by atoms with E-state index in [0.717, 1.165) is 12.8 Å². The highest BCUT2D eigenvalue weighted by Gasteiger charge is 2.25. The van der Waals surface area contributed by atoms with E-state index in [4.69, 9.17) is 5.11 Å². The normalized spacial score (nSPS) is 15.1. The van der Waals surface area contributed by atoms with Gasteiger partial charge < -0.3 is 25.7 Å². The van der Waals surface area contributed by atoms with Gasteiger partial charge in [-0.1, -0.05) is 64.1 Å². The molecule has 1 amide bonds. The van der Waals surface area contributed by atoms with E-state index in [1.807, 2.05) is 40.7 Å². The number of rotatable bonds is 15. The fourth-order valence-corrected chi connectivity index (χ4v) is 9.39. The summed E-state index contributed by atoms with van der Waals surface area (Å²) in [7, 11) is 1.91. The van der Waals surface area contributed by atoms with Gasteiger partial charge in [0.2, 0.25) is 0 Å². The number of carbonyl (C=O) groups is 3. The molecule has 3 unspecified atom stereocenters. The molecule has 1 aliphatic rings. The number of pyridine rings is 1. The van der Waals surface area contributed by atoms with Gasteiger partial charge >= 0.3 is 11.9 Å². The third-order valence-electron chi connectivity index (χ3n) is 9.64. The highest BCUT2D eigenvalue weighted by atomic mass is 32.1. The van der Waals surface area contributed by atoms with E-state index in [0.29, 0.717) is 28.8 Å². The van der Waals surface area contributed by atoms with Crippen LogP contribution in [0.15, 0.2) is 90.8 Å². The van der Waals surface area contributed by atoms with Gasteiger partial charge in [-0.25, -0.2) is 9.78 Å². The van der Waals surface area contributed by atoms with Gasteiger partial charge in [0.25, 0.3) is 5.91 Å². The van der Waals surface area contributed by atoms with Crippen LogP contribution in [-0.2, 0) is 9.59 Å². The lowest BCUT2D eigenvalue weighted by atomic mass is 9.98. The summed E-state index contributed by atoms with van der Waals surface area (Å²) < 4.78 is 2.60. The zero-order valence-corrected chi connectivity index (χ0v) is 34.8. The molecule has 5 aromatic rings. The molecule has 0 spiro atoms. The molecule has 0 aliphatic carbocycles. The summed E-state index contributed by atoms with van der Waals surface area (Å²) in [4.78, 5) is 42.9. The first-order valence-corrected chi connectivity index (χ1v) is 20.6. The predicted octanol–water partition coefficient (Wildman–Crippen LogP) is 9.69. The number of hydrogen-bond acceptors (Lipinski definition) is 9. The van der Waals surface area contributed by atoms with E-state index in [1.165, 1.54) is 47.3 Å². The van der Waals surface area contributed by atoms with E-state index < -0.39 is 11.9 Å². The maximum Gasteiger partial charge on any atom is 0.337 e. The quantitative estimate of drug-likeness (QED) is 0.0700. The molecule has 0 saturated carbocycles. The van der Waals surface area contributed by atoms with Gasteiger partial charge in [-0.15, -0.1) is 22.7 Å². The fourth-order valence-electron chi connectivity index (χ4n) is 6.83. The fraction of sp³-hybridized carbons (Fsp3) is 0.364. The summed E-state index contributed by atoms with van der Waals surface area (Å²) in [5.41, 5.74) is 3.35. The minimum atomic E-state index is -0.944. The zero-order valence-electron chi connectivity index (χ0n) is 33.1. The van der Waals surface area contributed by atoms with Crippen LogP contribution in [0.25, 0.3) is 20.2 Å². The summed E-state index contributed by atoms with van der Waals surface area (Å²) in [5.74, 6) is -0.396. The predicted molar refractivity (Wildman–Crippen MR) is 230 cm³/mol. The Morgan fingerprint density at radius 3 is 1.89 bits per heavy atom. The maximum atomic E-state index is 12.1. The highest BCUT2D eigenvalue weighted by molar-refractivity contribution is 7.19. The Labute approximate surface area is 337 Å². The lowest BCUT2D eigenvalue weighted by molar-refractivity contribution is -0.137. The lowest BCUT2D eigenvalue weighted by Crippen LogP contribution is -2.43. The number of carboxylic acids is 2. The molecule has 4 heterocycles. The average Bonchev–Trinajstić information content (AvgIpc) is 3.68. The summed E-state index contributed by atoms with van der Waals surface area (Å²) in [6, 6.07) is 20.8. The molecule has 12 heteroatoms. The number of aliphatic carboxylic acids is 2. The number of anilines is 1. The molecule has 10 nitrogen and oxygen atoms in total. The number of carbonyl (C=O) groups excluding carboxylic acids is 1. The molecule has 56 heavy (non-hydrogen) atoms. The monoisotopic (exact) mass is 795 g/mol. The Balaban J connectivity index is 0.000000216. The number of carboxylic acid groups (broad SMARTS) is 2. The molecule has 0 saturated heterocycles. The Bertz CT molecular complexity index is 2200. The smallest absolute Gasteiger partial charge is 0.337 e. The number of nitrogens with one attached hydrogen (secondary N) is 3. The summed E-state index contributed by atoms with van der Waals surface area (Å²) in [5, 5.41) is 30.3. The van der Waals surface area contributed by atoms with E-state index in [2.05, 4.69) is 111 Å². The number of benzene rings is 2. The second kappa shape index (κ2) is 19.2. The van der Waals surface area contributed by atoms with Gasteiger partial charge in [-0.05, 0) is 96.8 Å². The highest BCUT2D eigenvalue weighted by Crippen LogP contribution is 2.39. The second-order valence-electron chi connectivity index (χ2n) is 15.0. The molecule has 3 atom stereocenters. The van der Waals surface area contributed by atoms with Crippen LogP contribution in [-0.4, -0.2) is 57.7 Å². The number of aryl methyl sites for hydroxylation is 2. The minimum absolute atomic E-state index is 0.0218. The molecule has 1 aliphatic heterocycles. The van der Waals surface area contributed by atoms with Crippen LogP contribution in [0.3, 0.4) is 0 Å². The molecule has 0 bridgehead atoms. The largest absolute Gasteiger partial charge is 0.481 e. The van der Waals surface area contributed by atoms with Crippen LogP contribution in [0.2, 0.25) is 0 Å². The molecule has 6 rings (SSSR count). The van der Waals surface area contributed by atoms with Crippen LogP contribution < -0.4 is 16.0 Å². The molecule has 0 fully saturated rings. The van der Waals surface area contributed by atoms with Gasteiger partial charge in [0.1, 0.15) is 5.82 Å². The van der Waals surface area contributed by atoms with Crippen molar-refractivity contribution in [2.75, 3.05) is 18.9 Å². The molecular formula is C44H53N5O5S2. The minimum Gasteiger partial charge on any atom is -0.481 e. The van der Waals surface area contributed by atoms with E-state index >= 15 is 0 Å². The molecule has 5 N–H and O–H groups in total. The van der Waals surface area contributed by atoms with Crippen molar-refractivity contribution in [1.82, 2.24) is 20.5 Å². The third kappa shape index (κ3) is 10.8. The Morgan fingerprint density at radius 2 is 1.39 bits per heavy atom. The Kier molecular flexibility index (Phi) is 14.4. The topological polar surface area (TPSA) is 144 Å². The van der Waals surface area contributed by atoms with Crippen molar-refractivity contribution < 1.29 is 24.6 Å².